The van der Waals surface area contributed by atoms with Crippen molar-refractivity contribution in [3.63, 3.8) is 0 Å². The molecule has 2 amide bonds. The maximum absolute atomic E-state index is 11.6. The number of benzene rings is 1. The highest BCUT2D eigenvalue weighted by Gasteiger charge is 2.26. The third kappa shape index (κ3) is 3.25. The fourth-order valence-electron chi connectivity index (χ4n) is 1.74. The zero-order valence-corrected chi connectivity index (χ0v) is 12.2. The number of para-hydroxylation sites is 1. The van der Waals surface area contributed by atoms with Crippen LogP contribution in [-0.2, 0) is 9.59 Å². The average molecular weight is 302 g/mol. The summed E-state index contributed by atoms with van der Waals surface area (Å²) in [7, 11) is 0. The van der Waals surface area contributed by atoms with E-state index in [0.29, 0.717) is 5.71 Å². The molecule has 7 heteroatoms. The molecule has 1 aromatic heterocycles. The van der Waals surface area contributed by atoms with Crippen LogP contribution in [0, 0.1) is 0 Å². The third-order valence-corrected chi connectivity index (χ3v) is 4.19. The summed E-state index contributed by atoms with van der Waals surface area (Å²) in [6.07, 6.45) is 1.88. The lowest BCUT2D eigenvalue weighted by atomic mass is 10.3. The number of rotatable bonds is 3. The van der Waals surface area contributed by atoms with Gasteiger partial charge in [-0.15, -0.1) is 11.3 Å². The fourth-order valence-corrected chi connectivity index (χ4v) is 2.65. The summed E-state index contributed by atoms with van der Waals surface area (Å²) in [5, 5.41) is 7.27. The van der Waals surface area contributed by atoms with E-state index < -0.39 is 11.8 Å². The Bertz CT molecular complexity index is 700. The summed E-state index contributed by atoms with van der Waals surface area (Å²) in [5.41, 5.74) is 3.73. The number of thiazole rings is 1. The normalized spacial score (nSPS) is 15.0. The van der Waals surface area contributed by atoms with Crippen LogP contribution < -0.4 is 10.7 Å². The van der Waals surface area contributed by atoms with E-state index in [1.807, 2.05) is 24.3 Å². The van der Waals surface area contributed by atoms with Crippen molar-refractivity contribution in [3.05, 3.63) is 29.3 Å². The number of amides is 2. The molecule has 1 aliphatic carbocycles. The molecule has 1 aliphatic rings. The summed E-state index contributed by atoms with van der Waals surface area (Å²) >= 11 is 1.49. The minimum atomic E-state index is -0.748. The van der Waals surface area contributed by atoms with Crippen molar-refractivity contribution in [1.82, 2.24) is 15.7 Å². The van der Waals surface area contributed by atoms with Crippen LogP contribution >= 0.6 is 11.3 Å². The second-order valence-electron chi connectivity index (χ2n) is 4.87. The van der Waals surface area contributed by atoms with Crippen LogP contribution in [0.2, 0.25) is 0 Å². The van der Waals surface area contributed by atoms with Gasteiger partial charge in [-0.2, -0.15) is 5.10 Å². The molecule has 0 unspecified atom stereocenters. The highest BCUT2D eigenvalue weighted by molar-refractivity contribution is 7.20. The maximum Gasteiger partial charge on any atom is 0.329 e. The Kier molecular flexibility index (Phi) is 3.66. The predicted octanol–water partition coefficient (Wildman–Crippen LogP) is 1.42. The molecule has 0 saturated heterocycles. The number of nitrogens with zero attached hydrogens (tertiary/aromatic N) is 2. The number of hydrogen-bond acceptors (Lipinski definition) is 5. The van der Waals surface area contributed by atoms with E-state index in [9.17, 15) is 9.59 Å². The molecular weight excluding hydrogens is 288 g/mol. The van der Waals surface area contributed by atoms with Crippen molar-refractivity contribution in [2.24, 2.45) is 5.10 Å². The molecule has 1 heterocycles. The zero-order valence-electron chi connectivity index (χ0n) is 11.4. The number of hydrogen-bond donors (Lipinski definition) is 2. The van der Waals surface area contributed by atoms with Gasteiger partial charge in [0.05, 0.1) is 15.9 Å². The van der Waals surface area contributed by atoms with Crippen molar-refractivity contribution in [2.75, 3.05) is 0 Å². The first-order chi connectivity index (χ1) is 10.1. The molecule has 0 radical (unpaired) electrons. The lowest BCUT2D eigenvalue weighted by Crippen LogP contribution is -2.39. The summed E-state index contributed by atoms with van der Waals surface area (Å²) in [4.78, 5) is 27.5. The standard InChI is InChI=1S/C14H14N4O2S/c1-8(14-16-10-4-2-3-5-11(10)21-14)17-18-13(20)12(19)15-9-6-7-9/h2-5,9H,6-7H2,1H3,(H,15,19)(H,18,20)/b17-8-. The molecule has 6 nitrogen and oxygen atoms in total. The molecule has 2 aromatic rings. The van der Waals surface area contributed by atoms with Crippen LogP contribution in [0.1, 0.15) is 24.8 Å². The van der Waals surface area contributed by atoms with E-state index in [-0.39, 0.29) is 6.04 Å². The number of hydrazone groups is 1. The van der Waals surface area contributed by atoms with E-state index in [1.54, 1.807) is 6.92 Å². The Morgan fingerprint density at radius 2 is 2.05 bits per heavy atom. The Morgan fingerprint density at radius 1 is 1.29 bits per heavy atom. The summed E-state index contributed by atoms with van der Waals surface area (Å²) in [6, 6.07) is 7.91. The van der Waals surface area contributed by atoms with Crippen LogP contribution in [-0.4, -0.2) is 28.6 Å². The molecule has 1 aromatic carbocycles. The first-order valence-corrected chi connectivity index (χ1v) is 7.46. The van der Waals surface area contributed by atoms with Crippen molar-refractivity contribution in [3.8, 4) is 0 Å². The largest absolute Gasteiger partial charge is 0.345 e. The lowest BCUT2D eigenvalue weighted by Gasteiger charge is -2.01. The van der Waals surface area contributed by atoms with Gasteiger partial charge in [0.1, 0.15) is 5.01 Å². The lowest BCUT2D eigenvalue weighted by molar-refractivity contribution is -0.139. The van der Waals surface area contributed by atoms with Crippen LogP contribution in [0.15, 0.2) is 29.4 Å². The maximum atomic E-state index is 11.6. The summed E-state index contributed by atoms with van der Waals surface area (Å²) in [6.45, 7) is 1.75. The molecule has 0 spiro atoms. The van der Waals surface area contributed by atoms with Crippen molar-refractivity contribution in [2.45, 2.75) is 25.8 Å². The van der Waals surface area contributed by atoms with Gasteiger partial charge in [0.15, 0.2) is 0 Å². The zero-order chi connectivity index (χ0) is 14.8. The quantitative estimate of drug-likeness (QED) is 0.511. The average Bonchev–Trinajstić information content (AvgIpc) is 3.18. The van der Waals surface area contributed by atoms with Gasteiger partial charge in [0.25, 0.3) is 0 Å². The first kappa shape index (κ1) is 13.7. The van der Waals surface area contributed by atoms with Gasteiger partial charge in [0.2, 0.25) is 0 Å². The molecule has 1 saturated carbocycles. The van der Waals surface area contributed by atoms with Gasteiger partial charge < -0.3 is 5.32 Å². The minimum absolute atomic E-state index is 0.151. The molecule has 21 heavy (non-hydrogen) atoms. The third-order valence-electron chi connectivity index (χ3n) is 3.05. The van der Waals surface area contributed by atoms with E-state index in [0.717, 1.165) is 28.1 Å². The number of fused-ring (bicyclic) bond motifs is 1. The Hall–Kier alpha value is -2.28. The van der Waals surface area contributed by atoms with Gasteiger partial charge in [-0.05, 0) is 31.9 Å². The fraction of sp³-hybridized carbons (Fsp3) is 0.286. The SMILES string of the molecule is C/C(=N/NC(=O)C(=O)NC1CC1)c1nc2ccccc2s1. The number of carbonyl (C=O) groups excluding carboxylic acids is 2. The summed E-state index contributed by atoms with van der Waals surface area (Å²) in [5.74, 6) is -1.39. The first-order valence-electron chi connectivity index (χ1n) is 6.64. The predicted molar refractivity (Wildman–Crippen MR) is 81.1 cm³/mol. The van der Waals surface area contributed by atoms with Crippen molar-refractivity contribution in [1.29, 1.82) is 0 Å². The van der Waals surface area contributed by atoms with Crippen LogP contribution in [0.4, 0.5) is 0 Å². The smallest absolute Gasteiger partial charge is 0.329 e. The van der Waals surface area contributed by atoms with Gasteiger partial charge >= 0.3 is 11.8 Å². The topological polar surface area (TPSA) is 83.5 Å². The highest BCUT2D eigenvalue weighted by Crippen LogP contribution is 2.21. The summed E-state index contributed by atoms with van der Waals surface area (Å²) < 4.78 is 1.06. The molecule has 1 fully saturated rings. The molecule has 0 atom stereocenters. The molecular formula is C14H14N4O2S. The molecule has 3 rings (SSSR count). The monoisotopic (exact) mass is 302 g/mol. The minimum Gasteiger partial charge on any atom is -0.345 e. The number of aromatic nitrogens is 1. The van der Waals surface area contributed by atoms with Crippen LogP contribution in [0.5, 0.6) is 0 Å². The van der Waals surface area contributed by atoms with Gasteiger partial charge in [0, 0.05) is 6.04 Å². The molecule has 2 N–H and O–H groups in total. The van der Waals surface area contributed by atoms with Crippen LogP contribution in [0.25, 0.3) is 10.2 Å². The Balaban J connectivity index is 1.67. The van der Waals surface area contributed by atoms with Gasteiger partial charge in [-0.3, -0.25) is 9.59 Å². The van der Waals surface area contributed by atoms with E-state index in [1.165, 1.54) is 11.3 Å². The van der Waals surface area contributed by atoms with E-state index in [2.05, 4.69) is 20.8 Å². The van der Waals surface area contributed by atoms with E-state index >= 15 is 0 Å². The second-order valence-corrected chi connectivity index (χ2v) is 5.90. The highest BCUT2D eigenvalue weighted by atomic mass is 32.1. The Morgan fingerprint density at radius 3 is 2.76 bits per heavy atom. The van der Waals surface area contributed by atoms with Gasteiger partial charge in [-0.25, -0.2) is 10.4 Å². The molecule has 0 aliphatic heterocycles. The van der Waals surface area contributed by atoms with Crippen LogP contribution in [0.3, 0.4) is 0 Å². The van der Waals surface area contributed by atoms with Crippen molar-refractivity contribution < 1.29 is 9.59 Å². The van der Waals surface area contributed by atoms with Crippen molar-refractivity contribution >= 4 is 39.1 Å². The molecule has 108 valence electrons. The second kappa shape index (κ2) is 5.61. The Labute approximate surface area is 125 Å². The molecule has 0 bridgehead atoms. The van der Waals surface area contributed by atoms with E-state index in [4.69, 9.17) is 0 Å². The van der Waals surface area contributed by atoms with Gasteiger partial charge in [-0.1, -0.05) is 12.1 Å². The number of nitrogens with one attached hydrogen (secondary N) is 2. The number of carbonyl (C=O) groups is 2.